The number of nitrogens with one attached hydrogen (secondary N) is 1. The van der Waals surface area contributed by atoms with Crippen LogP contribution in [-0.4, -0.2) is 56.3 Å². The third-order valence-electron chi connectivity index (χ3n) is 5.65. The zero-order valence-corrected chi connectivity index (χ0v) is 16.9. The highest BCUT2D eigenvalue weighted by atomic mass is 16.4. The van der Waals surface area contributed by atoms with Crippen molar-refractivity contribution in [1.82, 2.24) is 4.98 Å². The number of hydrogen-bond donors (Lipinski definition) is 2. The first-order valence-corrected chi connectivity index (χ1v) is 9.99. The van der Waals surface area contributed by atoms with Gasteiger partial charge in [-0.1, -0.05) is 30.3 Å². The third kappa shape index (κ3) is 4.03. The zero-order valence-electron chi connectivity index (χ0n) is 16.9. The minimum Gasteiger partial charge on any atom is -0.478 e. The number of rotatable bonds is 5. The van der Waals surface area contributed by atoms with Crippen LogP contribution < -0.4 is 14.7 Å². The van der Waals surface area contributed by atoms with Gasteiger partial charge in [-0.05, 0) is 18.2 Å². The van der Waals surface area contributed by atoms with Crippen molar-refractivity contribution in [1.29, 1.82) is 0 Å². The van der Waals surface area contributed by atoms with E-state index in [0.717, 1.165) is 55.0 Å². The largest absolute Gasteiger partial charge is 0.478 e. The summed E-state index contributed by atoms with van der Waals surface area (Å²) in [7, 11) is 3.97. The molecule has 0 spiro atoms. The minimum atomic E-state index is -0.927. The van der Waals surface area contributed by atoms with Crippen LogP contribution in [0, 0.1) is 0 Å². The summed E-state index contributed by atoms with van der Waals surface area (Å²) >= 11 is 0. The lowest BCUT2D eigenvalue weighted by Gasteiger charge is -2.35. The van der Waals surface area contributed by atoms with Crippen molar-refractivity contribution in [3.8, 4) is 0 Å². The molecule has 1 aromatic heterocycles. The maximum absolute atomic E-state index is 12.0. The maximum Gasteiger partial charge on any atom is 0.339 e. The van der Waals surface area contributed by atoms with Crippen LogP contribution >= 0.6 is 0 Å². The summed E-state index contributed by atoms with van der Waals surface area (Å²) in [5.41, 5.74) is 4.28. The maximum atomic E-state index is 12.0. The van der Waals surface area contributed by atoms with Crippen LogP contribution in [0.3, 0.4) is 0 Å². The number of benzene rings is 2. The summed E-state index contributed by atoms with van der Waals surface area (Å²) < 4.78 is 0. The average molecular weight is 391 g/mol. The molecule has 1 fully saturated rings. The van der Waals surface area contributed by atoms with E-state index in [4.69, 9.17) is 0 Å². The standard InChI is InChI=1S/C23H26N4O2/c1-25(2)18-8-9-21-19(14-18)22(20(15-24-21)23(28)29)27-12-10-26(11-13-27)16-17-6-4-3-5-7-17/h3-9,14-15H,10-13,16H2,1-2H3,(H,28,29)/p+1. The molecule has 29 heavy (non-hydrogen) atoms. The molecule has 0 unspecified atom stereocenters. The van der Waals surface area contributed by atoms with Gasteiger partial charge in [0.2, 0.25) is 0 Å². The lowest BCUT2D eigenvalue weighted by molar-refractivity contribution is -0.914. The molecule has 2 N–H and O–H groups in total. The second-order valence-corrected chi connectivity index (χ2v) is 7.82. The first-order chi connectivity index (χ1) is 14.0. The van der Waals surface area contributed by atoms with Crippen molar-refractivity contribution in [2.75, 3.05) is 50.1 Å². The predicted octanol–water partition coefficient (Wildman–Crippen LogP) is 1.90. The molecule has 6 nitrogen and oxygen atoms in total. The van der Waals surface area contributed by atoms with Crippen molar-refractivity contribution in [2.24, 2.45) is 0 Å². The highest BCUT2D eigenvalue weighted by molar-refractivity contribution is 6.05. The second-order valence-electron chi connectivity index (χ2n) is 7.82. The molecule has 2 aromatic carbocycles. The molecule has 1 aliphatic rings. The van der Waals surface area contributed by atoms with E-state index >= 15 is 0 Å². The third-order valence-corrected chi connectivity index (χ3v) is 5.65. The molecule has 1 saturated heterocycles. The molecular weight excluding hydrogens is 364 g/mol. The van der Waals surface area contributed by atoms with Crippen LogP contribution in [0.5, 0.6) is 0 Å². The van der Waals surface area contributed by atoms with Gasteiger partial charge in [0, 0.05) is 36.9 Å². The van der Waals surface area contributed by atoms with Gasteiger partial charge in [0.1, 0.15) is 12.1 Å². The Labute approximate surface area is 171 Å². The van der Waals surface area contributed by atoms with Crippen LogP contribution in [0.25, 0.3) is 10.9 Å². The molecule has 4 rings (SSSR count). The average Bonchev–Trinajstić information content (AvgIpc) is 2.73. The van der Waals surface area contributed by atoms with Gasteiger partial charge in [0.05, 0.1) is 37.4 Å². The summed E-state index contributed by atoms with van der Waals surface area (Å²) in [5, 5.41) is 10.7. The lowest BCUT2D eigenvalue weighted by atomic mass is 10.1. The molecule has 1 aliphatic heterocycles. The summed E-state index contributed by atoms with van der Waals surface area (Å²) in [6.07, 6.45) is 1.50. The van der Waals surface area contributed by atoms with Crippen LogP contribution in [0.2, 0.25) is 0 Å². The number of piperazine rings is 1. The van der Waals surface area contributed by atoms with Gasteiger partial charge in [0.15, 0.2) is 0 Å². The van der Waals surface area contributed by atoms with Gasteiger partial charge in [-0.15, -0.1) is 0 Å². The van der Waals surface area contributed by atoms with Crippen LogP contribution in [0.15, 0.2) is 54.7 Å². The fraction of sp³-hybridized carbons (Fsp3) is 0.304. The molecule has 0 radical (unpaired) electrons. The van der Waals surface area contributed by atoms with Gasteiger partial charge in [-0.25, -0.2) is 4.79 Å². The fourth-order valence-electron chi connectivity index (χ4n) is 4.05. The monoisotopic (exact) mass is 391 g/mol. The van der Waals surface area contributed by atoms with Crippen molar-refractivity contribution < 1.29 is 14.8 Å². The van der Waals surface area contributed by atoms with Gasteiger partial charge in [-0.3, -0.25) is 4.98 Å². The molecule has 0 atom stereocenters. The Kier molecular flexibility index (Phi) is 5.36. The number of carboxylic acid groups (broad SMARTS) is 1. The van der Waals surface area contributed by atoms with E-state index in [9.17, 15) is 9.90 Å². The SMILES string of the molecule is CN(C)c1ccc2ncc(C(=O)O)c(N3CC[NH+](Cc4ccccc4)CC3)c2c1. The number of nitrogens with zero attached hydrogens (tertiary/aromatic N) is 3. The number of aromatic nitrogens is 1. The van der Waals surface area contributed by atoms with Crippen molar-refractivity contribution in [3.05, 3.63) is 65.9 Å². The molecule has 150 valence electrons. The number of carbonyl (C=O) groups is 1. The van der Waals surface area contributed by atoms with Gasteiger partial charge in [0.25, 0.3) is 0 Å². The second kappa shape index (κ2) is 8.09. The Bertz CT molecular complexity index is 1010. The summed E-state index contributed by atoms with van der Waals surface area (Å²) in [6, 6.07) is 16.6. The van der Waals surface area contributed by atoms with Crippen molar-refractivity contribution in [3.63, 3.8) is 0 Å². The summed E-state index contributed by atoms with van der Waals surface area (Å²) in [6.45, 7) is 4.61. The summed E-state index contributed by atoms with van der Waals surface area (Å²) in [4.78, 5) is 22.1. The van der Waals surface area contributed by atoms with Gasteiger partial charge < -0.3 is 19.8 Å². The quantitative estimate of drug-likeness (QED) is 0.696. The number of fused-ring (bicyclic) bond motifs is 1. The van der Waals surface area contributed by atoms with Gasteiger partial charge in [-0.2, -0.15) is 0 Å². The Balaban J connectivity index is 1.63. The topological polar surface area (TPSA) is 61.1 Å². The normalized spacial score (nSPS) is 14.9. The smallest absolute Gasteiger partial charge is 0.339 e. The molecule has 0 saturated carbocycles. The Hall–Kier alpha value is -3.12. The molecule has 6 heteroatoms. The zero-order chi connectivity index (χ0) is 20.4. The van der Waals surface area contributed by atoms with E-state index in [1.807, 2.05) is 43.3 Å². The van der Waals surface area contributed by atoms with E-state index in [0.29, 0.717) is 0 Å². The first-order valence-electron chi connectivity index (χ1n) is 9.99. The van der Waals surface area contributed by atoms with Gasteiger partial charge >= 0.3 is 5.97 Å². The van der Waals surface area contributed by atoms with E-state index in [-0.39, 0.29) is 5.56 Å². The number of pyridine rings is 1. The lowest BCUT2D eigenvalue weighted by Crippen LogP contribution is -3.13. The molecule has 0 bridgehead atoms. The molecule has 3 aromatic rings. The van der Waals surface area contributed by atoms with E-state index in [1.54, 1.807) is 0 Å². The van der Waals surface area contributed by atoms with Crippen LogP contribution in [-0.2, 0) is 6.54 Å². The van der Waals surface area contributed by atoms with Crippen molar-refractivity contribution in [2.45, 2.75) is 6.54 Å². The van der Waals surface area contributed by atoms with E-state index < -0.39 is 5.97 Å². The Morgan fingerprint density at radius 1 is 1.14 bits per heavy atom. The highest BCUT2D eigenvalue weighted by Crippen LogP contribution is 2.32. The Morgan fingerprint density at radius 2 is 1.86 bits per heavy atom. The summed E-state index contributed by atoms with van der Waals surface area (Å²) in [5.74, 6) is -0.927. The number of quaternary nitrogens is 1. The molecule has 0 aliphatic carbocycles. The number of hydrogen-bond acceptors (Lipinski definition) is 4. The number of aromatic carboxylic acids is 1. The minimum absolute atomic E-state index is 0.278. The fourth-order valence-corrected chi connectivity index (χ4v) is 4.05. The number of carboxylic acids is 1. The van der Waals surface area contributed by atoms with E-state index in [1.165, 1.54) is 16.7 Å². The van der Waals surface area contributed by atoms with Crippen LogP contribution in [0.4, 0.5) is 11.4 Å². The predicted molar refractivity (Wildman–Crippen MR) is 116 cm³/mol. The van der Waals surface area contributed by atoms with E-state index in [2.05, 4.69) is 34.1 Å². The molecular formula is C23H27N4O2+. The number of anilines is 2. The molecule has 2 heterocycles. The Morgan fingerprint density at radius 3 is 2.52 bits per heavy atom. The molecule has 0 amide bonds. The van der Waals surface area contributed by atoms with Crippen molar-refractivity contribution >= 4 is 28.2 Å². The highest BCUT2D eigenvalue weighted by Gasteiger charge is 2.26. The van der Waals surface area contributed by atoms with Crippen LogP contribution in [0.1, 0.15) is 15.9 Å². The first kappa shape index (κ1) is 19.2.